The SMILES string of the molecule is CNCc1cnn(C2CCN(C(=O)OC(C)(C)C)CC2)c1. The van der Waals surface area contributed by atoms with Crippen LogP contribution < -0.4 is 5.32 Å². The fourth-order valence-electron chi connectivity index (χ4n) is 2.51. The quantitative estimate of drug-likeness (QED) is 0.928. The number of piperidine rings is 1. The van der Waals surface area contributed by atoms with E-state index in [1.54, 1.807) is 4.90 Å². The van der Waals surface area contributed by atoms with Gasteiger partial charge in [-0.15, -0.1) is 0 Å². The van der Waals surface area contributed by atoms with Gasteiger partial charge >= 0.3 is 6.09 Å². The molecule has 1 aromatic heterocycles. The Labute approximate surface area is 126 Å². The van der Waals surface area contributed by atoms with Crippen molar-refractivity contribution < 1.29 is 9.53 Å². The molecular formula is C15H26N4O2. The molecule has 6 heteroatoms. The van der Waals surface area contributed by atoms with Crippen molar-refractivity contribution in [2.45, 2.75) is 51.8 Å². The molecular weight excluding hydrogens is 268 g/mol. The first-order valence-corrected chi connectivity index (χ1v) is 7.54. The Balaban J connectivity index is 1.86. The Kier molecular flexibility index (Phi) is 4.88. The van der Waals surface area contributed by atoms with E-state index in [1.165, 1.54) is 5.56 Å². The van der Waals surface area contributed by atoms with Gasteiger partial charge in [0.1, 0.15) is 5.60 Å². The minimum Gasteiger partial charge on any atom is -0.444 e. The van der Waals surface area contributed by atoms with Gasteiger partial charge in [-0.25, -0.2) is 4.79 Å². The van der Waals surface area contributed by atoms with Crippen molar-refractivity contribution in [2.24, 2.45) is 0 Å². The molecule has 118 valence electrons. The van der Waals surface area contributed by atoms with Gasteiger partial charge in [0.05, 0.1) is 12.2 Å². The number of nitrogens with one attached hydrogen (secondary N) is 1. The van der Waals surface area contributed by atoms with Crippen LogP contribution in [0.15, 0.2) is 12.4 Å². The largest absolute Gasteiger partial charge is 0.444 e. The standard InChI is InChI=1S/C15H26N4O2/c1-15(2,3)21-14(20)18-7-5-13(6-8-18)19-11-12(9-16-4)10-17-19/h10-11,13,16H,5-9H2,1-4H3. The average molecular weight is 294 g/mol. The zero-order valence-electron chi connectivity index (χ0n) is 13.4. The molecule has 0 bridgehead atoms. The Bertz CT molecular complexity index is 470. The lowest BCUT2D eigenvalue weighted by molar-refractivity contribution is 0.0185. The van der Waals surface area contributed by atoms with E-state index in [2.05, 4.69) is 16.6 Å². The van der Waals surface area contributed by atoms with Crippen molar-refractivity contribution in [2.75, 3.05) is 20.1 Å². The van der Waals surface area contributed by atoms with Crippen molar-refractivity contribution in [3.63, 3.8) is 0 Å². The summed E-state index contributed by atoms with van der Waals surface area (Å²) >= 11 is 0. The summed E-state index contributed by atoms with van der Waals surface area (Å²) in [7, 11) is 1.93. The molecule has 2 rings (SSSR count). The molecule has 2 heterocycles. The normalized spacial score (nSPS) is 17.0. The van der Waals surface area contributed by atoms with E-state index in [1.807, 2.05) is 38.7 Å². The van der Waals surface area contributed by atoms with Crippen LogP contribution in [0.3, 0.4) is 0 Å². The average Bonchev–Trinajstić information content (AvgIpc) is 2.86. The number of carbonyl (C=O) groups is 1. The van der Waals surface area contributed by atoms with Crippen LogP contribution >= 0.6 is 0 Å². The summed E-state index contributed by atoms with van der Waals surface area (Å²) in [5.41, 5.74) is 0.755. The molecule has 1 aliphatic rings. The maximum atomic E-state index is 12.0. The number of amides is 1. The molecule has 1 amide bonds. The van der Waals surface area contributed by atoms with Crippen LogP contribution in [-0.4, -0.2) is 46.5 Å². The van der Waals surface area contributed by atoms with E-state index in [0.29, 0.717) is 6.04 Å². The third-order valence-electron chi connectivity index (χ3n) is 3.53. The predicted molar refractivity (Wildman–Crippen MR) is 81.1 cm³/mol. The highest BCUT2D eigenvalue weighted by Gasteiger charge is 2.27. The molecule has 0 atom stereocenters. The van der Waals surface area contributed by atoms with Gasteiger partial charge in [-0.05, 0) is 40.7 Å². The van der Waals surface area contributed by atoms with Crippen LogP contribution in [0.2, 0.25) is 0 Å². The minimum absolute atomic E-state index is 0.211. The zero-order valence-corrected chi connectivity index (χ0v) is 13.4. The zero-order chi connectivity index (χ0) is 15.5. The number of nitrogens with zero attached hydrogens (tertiary/aromatic N) is 3. The first-order chi connectivity index (χ1) is 9.89. The predicted octanol–water partition coefficient (Wildman–Crippen LogP) is 2.17. The molecule has 1 aliphatic heterocycles. The summed E-state index contributed by atoms with van der Waals surface area (Å²) in [4.78, 5) is 13.8. The van der Waals surface area contributed by atoms with Crippen LogP contribution in [0.5, 0.6) is 0 Å². The molecule has 0 aromatic carbocycles. The third-order valence-corrected chi connectivity index (χ3v) is 3.53. The first kappa shape index (κ1) is 15.8. The van der Waals surface area contributed by atoms with Crippen molar-refractivity contribution in [3.05, 3.63) is 18.0 Å². The van der Waals surface area contributed by atoms with Crippen molar-refractivity contribution in [1.82, 2.24) is 20.0 Å². The maximum Gasteiger partial charge on any atom is 0.410 e. The van der Waals surface area contributed by atoms with Crippen molar-refractivity contribution >= 4 is 6.09 Å². The lowest BCUT2D eigenvalue weighted by Crippen LogP contribution is -2.42. The molecule has 0 radical (unpaired) electrons. The van der Waals surface area contributed by atoms with Gasteiger partial charge in [0.15, 0.2) is 0 Å². The number of hydrogen-bond acceptors (Lipinski definition) is 4. The Morgan fingerprint density at radius 1 is 1.43 bits per heavy atom. The lowest BCUT2D eigenvalue weighted by Gasteiger charge is -2.33. The molecule has 1 aromatic rings. The highest BCUT2D eigenvalue weighted by Crippen LogP contribution is 2.23. The summed E-state index contributed by atoms with van der Waals surface area (Å²) in [6, 6.07) is 0.370. The van der Waals surface area contributed by atoms with Crippen LogP contribution in [0.25, 0.3) is 0 Å². The van der Waals surface area contributed by atoms with E-state index in [-0.39, 0.29) is 6.09 Å². The summed E-state index contributed by atoms with van der Waals surface area (Å²) < 4.78 is 7.44. The van der Waals surface area contributed by atoms with Crippen molar-refractivity contribution in [1.29, 1.82) is 0 Å². The number of carbonyl (C=O) groups excluding carboxylic acids is 1. The molecule has 0 saturated carbocycles. The number of ether oxygens (including phenoxy) is 1. The summed E-state index contributed by atoms with van der Waals surface area (Å²) in [5.74, 6) is 0. The summed E-state index contributed by atoms with van der Waals surface area (Å²) in [5, 5.41) is 7.55. The minimum atomic E-state index is -0.433. The second-order valence-corrected chi connectivity index (χ2v) is 6.56. The smallest absolute Gasteiger partial charge is 0.410 e. The number of likely N-dealkylation sites (tertiary alicyclic amines) is 1. The van der Waals surface area contributed by atoms with E-state index in [9.17, 15) is 4.79 Å². The highest BCUT2D eigenvalue weighted by atomic mass is 16.6. The highest BCUT2D eigenvalue weighted by molar-refractivity contribution is 5.68. The van der Waals surface area contributed by atoms with Gasteiger partial charge in [-0.3, -0.25) is 4.68 Å². The molecule has 1 saturated heterocycles. The Morgan fingerprint density at radius 2 is 2.10 bits per heavy atom. The molecule has 1 N–H and O–H groups in total. The van der Waals surface area contributed by atoms with E-state index in [0.717, 1.165) is 32.5 Å². The monoisotopic (exact) mass is 294 g/mol. The maximum absolute atomic E-state index is 12.0. The number of aromatic nitrogens is 2. The fraction of sp³-hybridized carbons (Fsp3) is 0.733. The van der Waals surface area contributed by atoms with E-state index in [4.69, 9.17) is 4.74 Å². The number of hydrogen-bond donors (Lipinski definition) is 1. The van der Waals surface area contributed by atoms with Crippen LogP contribution in [-0.2, 0) is 11.3 Å². The molecule has 0 unspecified atom stereocenters. The van der Waals surface area contributed by atoms with Crippen LogP contribution in [0.1, 0.15) is 45.2 Å². The van der Waals surface area contributed by atoms with Gasteiger partial charge in [-0.2, -0.15) is 5.10 Å². The molecule has 0 aliphatic carbocycles. The number of rotatable bonds is 3. The molecule has 0 spiro atoms. The molecule has 1 fully saturated rings. The second-order valence-electron chi connectivity index (χ2n) is 6.56. The van der Waals surface area contributed by atoms with Crippen LogP contribution in [0.4, 0.5) is 4.79 Å². The van der Waals surface area contributed by atoms with Crippen molar-refractivity contribution in [3.8, 4) is 0 Å². The van der Waals surface area contributed by atoms with Gasteiger partial charge < -0.3 is 15.0 Å². The lowest BCUT2D eigenvalue weighted by atomic mass is 10.1. The Hall–Kier alpha value is -1.56. The summed E-state index contributed by atoms with van der Waals surface area (Å²) in [6.45, 7) is 7.96. The van der Waals surface area contributed by atoms with Gasteiger partial charge in [0.2, 0.25) is 0 Å². The van der Waals surface area contributed by atoms with E-state index < -0.39 is 5.60 Å². The molecule has 6 nitrogen and oxygen atoms in total. The van der Waals surface area contributed by atoms with Gasteiger partial charge in [0.25, 0.3) is 0 Å². The Morgan fingerprint density at radius 3 is 2.67 bits per heavy atom. The fourth-order valence-corrected chi connectivity index (χ4v) is 2.51. The van der Waals surface area contributed by atoms with E-state index >= 15 is 0 Å². The third kappa shape index (κ3) is 4.46. The summed E-state index contributed by atoms with van der Waals surface area (Å²) in [6.07, 6.45) is 5.61. The first-order valence-electron chi connectivity index (χ1n) is 7.54. The van der Waals surface area contributed by atoms with Gasteiger partial charge in [0, 0.05) is 31.4 Å². The van der Waals surface area contributed by atoms with Gasteiger partial charge in [-0.1, -0.05) is 0 Å². The molecule has 21 heavy (non-hydrogen) atoms. The van der Waals surface area contributed by atoms with Crippen LogP contribution in [0, 0.1) is 0 Å². The topological polar surface area (TPSA) is 59.4 Å². The second kappa shape index (κ2) is 6.47.